The van der Waals surface area contributed by atoms with E-state index in [4.69, 9.17) is 13.8 Å². The molecule has 0 spiro atoms. The van der Waals surface area contributed by atoms with Crippen molar-refractivity contribution in [1.82, 2.24) is 13.8 Å². The molecule has 0 bridgehead atoms. The van der Waals surface area contributed by atoms with Gasteiger partial charge in [-0.3, -0.25) is 4.40 Å². The topological polar surface area (TPSA) is 37.4 Å². The summed E-state index contributed by atoms with van der Waals surface area (Å²) in [5.74, 6) is 1.34. The summed E-state index contributed by atoms with van der Waals surface area (Å²) in [5.41, 5.74) is 12.9. The van der Waals surface area contributed by atoms with Gasteiger partial charge in [0.05, 0.1) is 51.3 Å². The van der Waals surface area contributed by atoms with E-state index in [0.29, 0.717) is 17.2 Å². The quantitative estimate of drug-likeness (QED) is 0.179. The van der Waals surface area contributed by atoms with Crippen molar-refractivity contribution in [1.29, 1.82) is 0 Å². The molecule has 0 saturated heterocycles. The number of hydrogen-bond acceptors (Lipinski definition) is 4. The minimum absolute atomic E-state index is 0.195. The van der Waals surface area contributed by atoms with Crippen LogP contribution in [0, 0.1) is 0 Å². The normalized spacial score (nSPS) is 14.4. The Balaban J connectivity index is 1.04. The van der Waals surface area contributed by atoms with Gasteiger partial charge in [0, 0.05) is 72.9 Å². The molecule has 6 heterocycles. The molecular formula is C49H31N5O. The van der Waals surface area contributed by atoms with Gasteiger partial charge in [-0.25, -0.2) is 4.98 Å². The fourth-order valence-corrected chi connectivity index (χ4v) is 9.62. The first-order chi connectivity index (χ1) is 28.4. The molecule has 7 aromatic carbocycles. The molecule has 0 aliphatic carbocycles. The maximum Gasteiger partial charge on any atom is 0.162 e. The van der Waals surface area contributed by atoms with E-state index in [2.05, 4.69) is 123 Å². The highest BCUT2D eigenvalue weighted by atomic mass is 16.5. The summed E-state index contributed by atoms with van der Waals surface area (Å²) in [6.07, 6.45) is 1.87. The second-order valence-electron chi connectivity index (χ2n) is 14.6. The minimum atomic E-state index is -2.31. The van der Waals surface area contributed by atoms with Gasteiger partial charge in [0.1, 0.15) is 11.5 Å². The standard InChI is InChI=1S/C49H31N5O/c1-51-28-52-44-26-29(21-23-34(44)31-10-2-3-11-32(31)36-17-8-19-42(51)48(36)52)55-30-22-24-35-38-14-7-16-40-39-15-6-13-37-33-12-4-5-18-41(33)53(46(37)39)43-20-9-25-50-49(43)54(47(38)40)45(35)27-30/h2-27H,28H2,1H3/i1D3. The lowest BCUT2D eigenvalue weighted by molar-refractivity contribution is 0.483. The number of fused-ring (bicyclic) bond motifs is 15. The van der Waals surface area contributed by atoms with Crippen LogP contribution in [0.3, 0.4) is 0 Å². The number of aromatic nitrogens is 3. The van der Waals surface area contributed by atoms with E-state index in [1.165, 1.54) is 26.6 Å². The van der Waals surface area contributed by atoms with Gasteiger partial charge in [0.15, 0.2) is 5.65 Å². The van der Waals surface area contributed by atoms with Gasteiger partial charge in [0.2, 0.25) is 0 Å². The van der Waals surface area contributed by atoms with Crippen LogP contribution in [0.25, 0.3) is 87.8 Å². The van der Waals surface area contributed by atoms with Gasteiger partial charge in [0.25, 0.3) is 0 Å². The molecular weight excluding hydrogens is 675 g/mol. The Morgan fingerprint density at radius 3 is 1.98 bits per heavy atom. The zero-order valence-corrected chi connectivity index (χ0v) is 29.4. The minimum Gasteiger partial charge on any atom is -0.457 e. The van der Waals surface area contributed by atoms with Gasteiger partial charge in [-0.1, -0.05) is 91.0 Å². The smallest absolute Gasteiger partial charge is 0.162 e. The Hall–Kier alpha value is -7.31. The largest absolute Gasteiger partial charge is 0.457 e. The van der Waals surface area contributed by atoms with Crippen molar-refractivity contribution in [2.45, 2.75) is 0 Å². The lowest BCUT2D eigenvalue weighted by Crippen LogP contribution is -2.24. The summed E-state index contributed by atoms with van der Waals surface area (Å²) in [6.45, 7) is -2.11. The molecule has 0 amide bonds. The van der Waals surface area contributed by atoms with Crippen LogP contribution in [-0.2, 0) is 0 Å². The van der Waals surface area contributed by atoms with E-state index in [1.807, 2.05) is 48.7 Å². The number of ether oxygens (including phenoxy) is 1. The third-order valence-corrected chi connectivity index (χ3v) is 11.8. The first kappa shape index (κ1) is 26.5. The number of hydrogen-bond donors (Lipinski definition) is 0. The Labute approximate surface area is 319 Å². The Bertz CT molecular complexity index is 3600. The number of para-hydroxylation sites is 4. The summed E-state index contributed by atoms with van der Waals surface area (Å²) >= 11 is 0. The van der Waals surface area contributed by atoms with Gasteiger partial charge < -0.3 is 18.9 Å². The van der Waals surface area contributed by atoms with E-state index in [1.54, 1.807) is 0 Å². The predicted molar refractivity (Wildman–Crippen MR) is 226 cm³/mol. The molecule has 0 radical (unpaired) electrons. The highest BCUT2D eigenvalue weighted by molar-refractivity contribution is 6.25. The fourth-order valence-electron chi connectivity index (χ4n) is 9.62. The van der Waals surface area contributed by atoms with Crippen LogP contribution >= 0.6 is 0 Å². The van der Waals surface area contributed by atoms with Crippen molar-refractivity contribution in [3.05, 3.63) is 158 Å². The zero-order chi connectivity index (χ0) is 38.4. The second kappa shape index (κ2) is 10.4. The van der Waals surface area contributed by atoms with E-state index in [-0.39, 0.29) is 6.67 Å². The molecule has 6 heteroatoms. The van der Waals surface area contributed by atoms with Gasteiger partial charge in [-0.05, 0) is 59.7 Å². The molecule has 55 heavy (non-hydrogen) atoms. The summed E-state index contributed by atoms with van der Waals surface area (Å²) in [7, 11) is 0. The molecule has 0 fully saturated rings. The Morgan fingerprint density at radius 1 is 0.509 bits per heavy atom. The average molecular weight is 709 g/mol. The third kappa shape index (κ3) is 3.75. The van der Waals surface area contributed by atoms with E-state index in [0.717, 1.165) is 77.5 Å². The lowest BCUT2D eigenvalue weighted by atomic mass is 9.94. The summed E-state index contributed by atoms with van der Waals surface area (Å²) < 4.78 is 36.7. The van der Waals surface area contributed by atoms with Crippen molar-refractivity contribution in [2.75, 3.05) is 23.4 Å². The van der Waals surface area contributed by atoms with Crippen LogP contribution in [0.15, 0.2) is 158 Å². The first-order valence-electron chi connectivity index (χ1n) is 20.1. The Morgan fingerprint density at radius 2 is 1.15 bits per heavy atom. The SMILES string of the molecule is [2H]C([2H])([2H])N1CN2c3cc(Oc4ccc5c6cccc7c8cccc9c%10ccccc%10n(c%10cccnc%10n(c5c4)c67)c98)ccc3-c3ccccc3-c3cccc1c32. The number of pyridine rings is 1. The molecule has 11 aromatic rings. The maximum atomic E-state index is 8.41. The van der Waals surface area contributed by atoms with Gasteiger partial charge >= 0.3 is 0 Å². The van der Waals surface area contributed by atoms with Gasteiger partial charge in [-0.2, -0.15) is 0 Å². The van der Waals surface area contributed by atoms with E-state index >= 15 is 0 Å². The van der Waals surface area contributed by atoms with Crippen LogP contribution < -0.4 is 14.5 Å². The van der Waals surface area contributed by atoms with Crippen LogP contribution in [0.4, 0.5) is 17.1 Å². The van der Waals surface area contributed by atoms with Crippen molar-refractivity contribution in [3.8, 4) is 33.8 Å². The average Bonchev–Trinajstić information content (AvgIpc) is 3.89. The van der Waals surface area contributed by atoms with E-state index < -0.39 is 6.98 Å². The van der Waals surface area contributed by atoms with Gasteiger partial charge in [-0.15, -0.1) is 0 Å². The molecule has 0 unspecified atom stereocenters. The summed E-state index contributed by atoms with van der Waals surface area (Å²) in [6, 6.07) is 52.8. The first-order valence-corrected chi connectivity index (χ1v) is 18.6. The molecule has 0 atom stereocenters. The number of benzene rings is 7. The van der Waals surface area contributed by atoms with Crippen LogP contribution in [-0.4, -0.2) is 27.4 Å². The molecule has 13 rings (SSSR count). The molecule has 0 saturated carbocycles. The number of rotatable bonds is 2. The second-order valence-corrected chi connectivity index (χ2v) is 14.6. The predicted octanol–water partition coefficient (Wildman–Crippen LogP) is 12.3. The fraction of sp³-hybridized carbons (Fsp3) is 0.0408. The molecule has 4 aromatic heterocycles. The summed E-state index contributed by atoms with van der Waals surface area (Å²) in [5, 5.41) is 6.98. The van der Waals surface area contributed by atoms with Crippen molar-refractivity contribution < 1.29 is 8.85 Å². The van der Waals surface area contributed by atoms with Crippen LogP contribution in [0.5, 0.6) is 11.5 Å². The summed E-state index contributed by atoms with van der Waals surface area (Å²) in [4.78, 5) is 8.76. The third-order valence-electron chi connectivity index (χ3n) is 11.8. The molecule has 2 aliphatic heterocycles. The monoisotopic (exact) mass is 708 g/mol. The number of nitrogens with zero attached hydrogens (tertiary/aromatic N) is 5. The van der Waals surface area contributed by atoms with Crippen LogP contribution in [0.2, 0.25) is 0 Å². The van der Waals surface area contributed by atoms with Crippen molar-refractivity contribution in [2.24, 2.45) is 0 Å². The lowest BCUT2D eigenvalue weighted by Gasteiger charge is -2.22. The van der Waals surface area contributed by atoms with E-state index in [9.17, 15) is 0 Å². The molecule has 2 aliphatic rings. The Kier molecular flexibility index (Phi) is 5.01. The van der Waals surface area contributed by atoms with Crippen LogP contribution in [0.1, 0.15) is 4.11 Å². The highest BCUT2D eigenvalue weighted by Gasteiger charge is 2.33. The molecule has 0 N–H and O–H groups in total. The zero-order valence-electron chi connectivity index (χ0n) is 32.4. The highest BCUT2D eigenvalue weighted by Crippen LogP contribution is 2.54. The number of anilines is 3. The molecule has 6 nitrogen and oxygen atoms in total. The maximum absolute atomic E-state index is 8.41. The molecule has 258 valence electrons. The van der Waals surface area contributed by atoms with Crippen molar-refractivity contribution in [3.63, 3.8) is 0 Å². The van der Waals surface area contributed by atoms with Crippen molar-refractivity contribution >= 4 is 82.6 Å².